The van der Waals surface area contributed by atoms with Crippen LogP contribution in [-0.4, -0.2) is 17.3 Å². The summed E-state index contributed by atoms with van der Waals surface area (Å²) in [6.07, 6.45) is 2.89. The molecule has 0 bridgehead atoms. The lowest BCUT2D eigenvalue weighted by atomic mass is 10.1. The Bertz CT molecular complexity index is 551. The van der Waals surface area contributed by atoms with Crippen LogP contribution in [0.15, 0.2) is 41.4 Å². The first-order valence-electron chi connectivity index (χ1n) is 6.05. The van der Waals surface area contributed by atoms with E-state index in [-0.39, 0.29) is 6.04 Å². The maximum atomic E-state index is 5.88. The molecule has 1 aromatic carbocycles. The van der Waals surface area contributed by atoms with Crippen molar-refractivity contribution in [1.29, 1.82) is 0 Å². The van der Waals surface area contributed by atoms with Crippen molar-refractivity contribution in [3.05, 3.63) is 54.2 Å². The van der Waals surface area contributed by atoms with Crippen molar-refractivity contribution in [3.63, 3.8) is 0 Å². The molecule has 0 fully saturated rings. The number of methoxy groups -OCH3 is 1. The van der Waals surface area contributed by atoms with Crippen LogP contribution in [0.4, 0.5) is 0 Å². The van der Waals surface area contributed by atoms with Gasteiger partial charge in [-0.3, -0.25) is 0 Å². The Labute approximate surface area is 112 Å². The zero-order valence-electron chi connectivity index (χ0n) is 10.9. The molecule has 5 heteroatoms. The molecule has 1 unspecified atom stereocenters. The molecule has 5 nitrogen and oxygen atoms in total. The number of hydrogen-bond donors (Lipinski definition) is 1. The predicted octanol–water partition coefficient (Wildman–Crippen LogP) is 2.24. The highest BCUT2D eigenvalue weighted by Gasteiger charge is 2.14. The molecule has 0 spiro atoms. The SMILES string of the molecule is C=CCC(N)c1nc(Cc2ccccc2OC)no1. The number of benzene rings is 1. The Kier molecular flexibility index (Phi) is 4.30. The zero-order valence-corrected chi connectivity index (χ0v) is 10.9. The summed E-state index contributed by atoms with van der Waals surface area (Å²) in [6.45, 7) is 3.64. The quantitative estimate of drug-likeness (QED) is 0.805. The van der Waals surface area contributed by atoms with E-state index in [0.29, 0.717) is 24.6 Å². The summed E-state index contributed by atoms with van der Waals surface area (Å²) in [5, 5.41) is 3.93. The number of rotatable bonds is 6. The lowest BCUT2D eigenvalue weighted by Gasteiger charge is -2.05. The molecule has 2 N–H and O–H groups in total. The first-order chi connectivity index (χ1) is 9.24. The molecule has 0 saturated heterocycles. The van der Waals surface area contributed by atoms with Crippen molar-refractivity contribution in [2.75, 3.05) is 7.11 Å². The summed E-state index contributed by atoms with van der Waals surface area (Å²) < 4.78 is 10.4. The molecule has 0 aliphatic rings. The van der Waals surface area contributed by atoms with E-state index in [1.165, 1.54) is 0 Å². The second kappa shape index (κ2) is 6.15. The van der Waals surface area contributed by atoms with Crippen LogP contribution in [0.2, 0.25) is 0 Å². The highest BCUT2D eigenvalue weighted by Crippen LogP contribution is 2.20. The van der Waals surface area contributed by atoms with Crippen molar-refractivity contribution in [2.24, 2.45) is 5.73 Å². The Balaban J connectivity index is 2.13. The smallest absolute Gasteiger partial charge is 0.243 e. The molecule has 1 aromatic heterocycles. The van der Waals surface area contributed by atoms with Crippen LogP contribution in [0, 0.1) is 0 Å². The Hall–Kier alpha value is -2.14. The van der Waals surface area contributed by atoms with E-state index in [4.69, 9.17) is 15.0 Å². The van der Waals surface area contributed by atoms with Gasteiger partial charge >= 0.3 is 0 Å². The Morgan fingerprint density at radius 2 is 2.26 bits per heavy atom. The lowest BCUT2D eigenvalue weighted by Crippen LogP contribution is -2.09. The number of ether oxygens (including phenoxy) is 1. The number of aromatic nitrogens is 2. The van der Waals surface area contributed by atoms with Crippen molar-refractivity contribution in [2.45, 2.75) is 18.9 Å². The zero-order chi connectivity index (χ0) is 13.7. The standard InChI is InChI=1S/C14H17N3O2/c1-3-6-11(15)14-16-13(17-19-14)9-10-7-4-5-8-12(10)18-2/h3-5,7-8,11H,1,6,9,15H2,2H3. The molecule has 2 aromatic rings. The fraction of sp³-hybridized carbons (Fsp3) is 0.286. The van der Waals surface area contributed by atoms with Crippen LogP contribution in [0.25, 0.3) is 0 Å². The maximum Gasteiger partial charge on any atom is 0.243 e. The van der Waals surface area contributed by atoms with E-state index in [2.05, 4.69) is 16.7 Å². The summed E-state index contributed by atoms with van der Waals surface area (Å²) >= 11 is 0. The minimum atomic E-state index is -0.295. The fourth-order valence-electron chi connectivity index (χ4n) is 1.79. The molecule has 0 amide bonds. The predicted molar refractivity (Wildman–Crippen MR) is 71.8 cm³/mol. The van der Waals surface area contributed by atoms with Gasteiger partial charge in [0.15, 0.2) is 5.82 Å². The van der Waals surface area contributed by atoms with E-state index >= 15 is 0 Å². The first kappa shape index (κ1) is 13.3. The first-order valence-corrected chi connectivity index (χ1v) is 6.05. The molecule has 100 valence electrons. The van der Waals surface area contributed by atoms with Crippen LogP contribution >= 0.6 is 0 Å². The van der Waals surface area contributed by atoms with Gasteiger partial charge in [0.25, 0.3) is 0 Å². The molecule has 1 atom stereocenters. The van der Waals surface area contributed by atoms with E-state index < -0.39 is 0 Å². The van der Waals surface area contributed by atoms with Gasteiger partial charge in [0.1, 0.15) is 5.75 Å². The number of nitrogens with zero attached hydrogens (tertiary/aromatic N) is 2. The second-order valence-electron chi connectivity index (χ2n) is 4.17. The number of nitrogens with two attached hydrogens (primary N) is 1. The van der Waals surface area contributed by atoms with E-state index in [1.54, 1.807) is 13.2 Å². The lowest BCUT2D eigenvalue weighted by molar-refractivity contribution is 0.351. The van der Waals surface area contributed by atoms with Crippen LogP contribution in [0.3, 0.4) is 0 Å². The molecule has 19 heavy (non-hydrogen) atoms. The van der Waals surface area contributed by atoms with Crippen molar-refractivity contribution in [3.8, 4) is 5.75 Å². The summed E-state index contributed by atoms with van der Waals surface area (Å²) in [4.78, 5) is 4.29. The van der Waals surface area contributed by atoms with Crippen LogP contribution < -0.4 is 10.5 Å². The molecule has 2 rings (SSSR count). The average Bonchev–Trinajstić information content (AvgIpc) is 2.88. The Morgan fingerprint density at radius 1 is 1.47 bits per heavy atom. The summed E-state index contributed by atoms with van der Waals surface area (Å²) in [6, 6.07) is 7.45. The maximum absolute atomic E-state index is 5.88. The summed E-state index contributed by atoms with van der Waals surface area (Å²) in [5.74, 6) is 1.84. The number of para-hydroxylation sites is 1. The molecule has 0 aliphatic carbocycles. The summed E-state index contributed by atoms with van der Waals surface area (Å²) in [7, 11) is 1.64. The summed E-state index contributed by atoms with van der Waals surface area (Å²) in [5.41, 5.74) is 6.89. The van der Waals surface area contributed by atoms with Crippen molar-refractivity contribution >= 4 is 0 Å². The van der Waals surface area contributed by atoms with Crippen LogP contribution in [0.1, 0.15) is 29.7 Å². The van der Waals surface area contributed by atoms with E-state index in [9.17, 15) is 0 Å². The third kappa shape index (κ3) is 3.20. The molecule has 1 heterocycles. The third-order valence-electron chi connectivity index (χ3n) is 2.76. The molecule has 0 aliphatic heterocycles. The van der Waals surface area contributed by atoms with Gasteiger partial charge in [-0.05, 0) is 12.5 Å². The van der Waals surface area contributed by atoms with Gasteiger partial charge in [-0.15, -0.1) is 6.58 Å². The molecular formula is C14H17N3O2. The minimum Gasteiger partial charge on any atom is -0.496 e. The highest BCUT2D eigenvalue weighted by molar-refractivity contribution is 5.35. The van der Waals surface area contributed by atoms with E-state index in [1.807, 2.05) is 24.3 Å². The molecular weight excluding hydrogens is 242 g/mol. The number of hydrogen-bond acceptors (Lipinski definition) is 5. The fourth-order valence-corrected chi connectivity index (χ4v) is 1.79. The monoisotopic (exact) mass is 259 g/mol. The topological polar surface area (TPSA) is 74.2 Å². The van der Waals surface area contributed by atoms with Crippen LogP contribution in [0.5, 0.6) is 5.75 Å². The third-order valence-corrected chi connectivity index (χ3v) is 2.76. The van der Waals surface area contributed by atoms with Gasteiger partial charge in [0, 0.05) is 12.0 Å². The van der Waals surface area contributed by atoms with Crippen LogP contribution in [-0.2, 0) is 6.42 Å². The average molecular weight is 259 g/mol. The van der Waals surface area contributed by atoms with E-state index in [0.717, 1.165) is 11.3 Å². The van der Waals surface area contributed by atoms with Crippen molar-refractivity contribution in [1.82, 2.24) is 10.1 Å². The highest BCUT2D eigenvalue weighted by atomic mass is 16.5. The Morgan fingerprint density at radius 3 is 3.00 bits per heavy atom. The van der Waals surface area contributed by atoms with Gasteiger partial charge in [-0.25, -0.2) is 0 Å². The van der Waals surface area contributed by atoms with Gasteiger partial charge in [-0.2, -0.15) is 4.98 Å². The normalized spacial score (nSPS) is 12.1. The minimum absolute atomic E-state index is 0.295. The van der Waals surface area contributed by atoms with Gasteiger partial charge in [-0.1, -0.05) is 29.4 Å². The van der Waals surface area contributed by atoms with Crippen molar-refractivity contribution < 1.29 is 9.26 Å². The second-order valence-corrected chi connectivity index (χ2v) is 4.17. The van der Waals surface area contributed by atoms with Gasteiger partial charge in [0.05, 0.1) is 13.2 Å². The van der Waals surface area contributed by atoms with Gasteiger partial charge < -0.3 is 15.0 Å². The largest absolute Gasteiger partial charge is 0.496 e. The molecule has 0 radical (unpaired) electrons. The van der Waals surface area contributed by atoms with Gasteiger partial charge in [0.2, 0.25) is 5.89 Å². The molecule has 0 saturated carbocycles.